The molecular weight excluding hydrogens is 340 g/mol. The van der Waals surface area contributed by atoms with Crippen LogP contribution in [0.15, 0.2) is 12.4 Å². The predicted octanol–water partition coefficient (Wildman–Crippen LogP) is 1.71. The van der Waals surface area contributed by atoms with Crippen LogP contribution in [0.3, 0.4) is 0 Å². The summed E-state index contributed by atoms with van der Waals surface area (Å²) in [4.78, 5) is 19.0. The van der Waals surface area contributed by atoms with Crippen LogP contribution in [0, 0.1) is 13.8 Å². The molecule has 132 valence electrons. The van der Waals surface area contributed by atoms with Crippen molar-refractivity contribution in [3.63, 3.8) is 0 Å². The molecule has 3 aromatic heterocycles. The zero-order chi connectivity index (χ0) is 17.4. The first kappa shape index (κ1) is 16.2. The Labute approximate surface area is 148 Å². The molecule has 0 aromatic carbocycles. The first-order valence-corrected chi connectivity index (χ1v) is 9.15. The number of fused-ring (bicyclic) bond motifs is 1. The summed E-state index contributed by atoms with van der Waals surface area (Å²) in [6.45, 7) is 5.94. The number of carbonyl (C=O) groups is 1. The van der Waals surface area contributed by atoms with Gasteiger partial charge in [0.15, 0.2) is 10.7 Å². The van der Waals surface area contributed by atoms with Gasteiger partial charge >= 0.3 is 0 Å². The van der Waals surface area contributed by atoms with E-state index in [4.69, 9.17) is 4.74 Å². The normalized spacial score (nSPS) is 17.4. The Morgan fingerprint density at radius 1 is 1.44 bits per heavy atom. The molecule has 4 rings (SSSR count). The van der Waals surface area contributed by atoms with Crippen LogP contribution >= 0.6 is 11.3 Å². The minimum Gasteiger partial charge on any atom is -0.376 e. The minimum atomic E-state index is -0.247. The SMILES string of the molecule is Cc1sc2nc(CNC(=O)c3cn(CC4CCCO4)nn3)cn2c1C. The van der Waals surface area contributed by atoms with Crippen molar-refractivity contribution in [3.8, 4) is 0 Å². The van der Waals surface area contributed by atoms with E-state index in [-0.39, 0.29) is 12.0 Å². The molecule has 0 spiro atoms. The number of carbonyl (C=O) groups excluding carboxylic acids is 1. The number of rotatable bonds is 5. The van der Waals surface area contributed by atoms with Crippen LogP contribution in [0.5, 0.6) is 0 Å². The molecule has 1 aliphatic heterocycles. The van der Waals surface area contributed by atoms with E-state index in [0.717, 1.165) is 30.1 Å². The quantitative estimate of drug-likeness (QED) is 0.749. The van der Waals surface area contributed by atoms with Crippen molar-refractivity contribution < 1.29 is 9.53 Å². The Balaban J connectivity index is 1.37. The number of amides is 1. The van der Waals surface area contributed by atoms with E-state index >= 15 is 0 Å². The molecule has 1 amide bonds. The Hall–Kier alpha value is -2.26. The molecule has 0 bridgehead atoms. The lowest BCUT2D eigenvalue weighted by atomic mass is 10.2. The van der Waals surface area contributed by atoms with Crippen molar-refractivity contribution in [2.24, 2.45) is 0 Å². The van der Waals surface area contributed by atoms with Crippen molar-refractivity contribution in [2.45, 2.75) is 45.9 Å². The van der Waals surface area contributed by atoms with Gasteiger partial charge in [-0.05, 0) is 26.7 Å². The Morgan fingerprint density at radius 2 is 2.32 bits per heavy atom. The second kappa shape index (κ2) is 6.57. The number of imidazole rings is 1. The van der Waals surface area contributed by atoms with E-state index in [1.54, 1.807) is 22.2 Å². The van der Waals surface area contributed by atoms with E-state index in [1.807, 2.05) is 6.20 Å². The lowest BCUT2D eigenvalue weighted by molar-refractivity contribution is 0.0929. The van der Waals surface area contributed by atoms with Crippen molar-refractivity contribution in [2.75, 3.05) is 6.61 Å². The summed E-state index contributed by atoms with van der Waals surface area (Å²) in [7, 11) is 0. The Bertz CT molecular complexity index is 905. The molecular formula is C16H20N6O2S. The zero-order valence-corrected chi connectivity index (χ0v) is 15.0. The first-order chi connectivity index (χ1) is 12.1. The van der Waals surface area contributed by atoms with Gasteiger partial charge in [-0.1, -0.05) is 5.21 Å². The molecule has 8 nitrogen and oxygen atoms in total. The smallest absolute Gasteiger partial charge is 0.273 e. The molecule has 0 radical (unpaired) electrons. The fourth-order valence-corrected chi connectivity index (χ4v) is 3.91. The molecule has 0 saturated carbocycles. The highest BCUT2D eigenvalue weighted by Crippen LogP contribution is 2.21. The van der Waals surface area contributed by atoms with Gasteiger partial charge in [0.05, 0.1) is 31.1 Å². The summed E-state index contributed by atoms with van der Waals surface area (Å²) in [5.41, 5.74) is 2.32. The average Bonchev–Trinajstić information content (AvgIpc) is 3.35. The highest BCUT2D eigenvalue weighted by atomic mass is 32.1. The number of ether oxygens (including phenoxy) is 1. The molecule has 1 atom stereocenters. The van der Waals surface area contributed by atoms with Gasteiger partial charge in [0, 0.05) is 23.4 Å². The molecule has 1 saturated heterocycles. The van der Waals surface area contributed by atoms with Crippen LogP contribution < -0.4 is 5.32 Å². The number of nitrogens with one attached hydrogen (secondary N) is 1. The molecule has 1 N–H and O–H groups in total. The largest absolute Gasteiger partial charge is 0.376 e. The lowest BCUT2D eigenvalue weighted by Crippen LogP contribution is -2.23. The third-order valence-electron chi connectivity index (χ3n) is 4.45. The van der Waals surface area contributed by atoms with Gasteiger partial charge in [0.1, 0.15) is 0 Å². The van der Waals surface area contributed by atoms with Crippen molar-refractivity contribution in [1.29, 1.82) is 0 Å². The molecule has 1 aliphatic rings. The van der Waals surface area contributed by atoms with Crippen LogP contribution in [0.4, 0.5) is 0 Å². The van der Waals surface area contributed by atoms with E-state index in [1.165, 1.54) is 10.6 Å². The van der Waals surface area contributed by atoms with Crippen LogP contribution in [0.1, 0.15) is 39.6 Å². The van der Waals surface area contributed by atoms with Gasteiger partial charge in [-0.2, -0.15) is 0 Å². The first-order valence-electron chi connectivity index (χ1n) is 8.34. The summed E-state index contributed by atoms with van der Waals surface area (Å²) in [6.07, 6.45) is 5.90. The summed E-state index contributed by atoms with van der Waals surface area (Å²) < 4.78 is 9.30. The van der Waals surface area contributed by atoms with Crippen LogP contribution in [-0.4, -0.2) is 43.0 Å². The maximum absolute atomic E-state index is 12.3. The van der Waals surface area contributed by atoms with Gasteiger partial charge in [-0.15, -0.1) is 16.4 Å². The van der Waals surface area contributed by atoms with Crippen molar-refractivity contribution in [3.05, 3.63) is 34.4 Å². The van der Waals surface area contributed by atoms with Gasteiger partial charge in [-0.3, -0.25) is 9.20 Å². The topological polar surface area (TPSA) is 86.3 Å². The highest BCUT2D eigenvalue weighted by Gasteiger charge is 2.18. The number of nitrogens with zero attached hydrogens (tertiary/aromatic N) is 5. The third kappa shape index (κ3) is 3.29. The summed E-state index contributed by atoms with van der Waals surface area (Å²) in [6, 6.07) is 0. The van der Waals surface area contributed by atoms with Gasteiger partial charge in [0.2, 0.25) is 0 Å². The zero-order valence-electron chi connectivity index (χ0n) is 14.2. The molecule has 0 aliphatic carbocycles. The van der Waals surface area contributed by atoms with Gasteiger partial charge < -0.3 is 10.1 Å². The predicted molar refractivity (Wildman–Crippen MR) is 92.7 cm³/mol. The second-order valence-electron chi connectivity index (χ2n) is 6.27. The van der Waals surface area contributed by atoms with E-state index in [9.17, 15) is 4.79 Å². The highest BCUT2D eigenvalue weighted by molar-refractivity contribution is 7.17. The van der Waals surface area contributed by atoms with Gasteiger partial charge in [-0.25, -0.2) is 9.67 Å². The number of hydrogen-bond donors (Lipinski definition) is 1. The summed E-state index contributed by atoms with van der Waals surface area (Å²) in [5, 5.41) is 10.8. The Morgan fingerprint density at radius 3 is 3.08 bits per heavy atom. The monoisotopic (exact) mass is 360 g/mol. The number of thiazole rings is 1. The summed E-state index contributed by atoms with van der Waals surface area (Å²) in [5.74, 6) is -0.247. The average molecular weight is 360 g/mol. The van der Waals surface area contributed by atoms with E-state index in [0.29, 0.717) is 18.8 Å². The fourth-order valence-electron chi connectivity index (χ4n) is 2.94. The second-order valence-corrected chi connectivity index (χ2v) is 7.45. The maximum atomic E-state index is 12.3. The van der Waals surface area contributed by atoms with Crippen LogP contribution in [0.25, 0.3) is 4.96 Å². The molecule has 9 heteroatoms. The standard InChI is InChI=1S/C16H20N6O2S/c1-10-11(2)25-16-18-12(7-22(10)16)6-17-15(23)14-9-21(20-19-14)8-13-4-3-5-24-13/h7,9,13H,3-6,8H2,1-2H3,(H,17,23). The lowest BCUT2D eigenvalue weighted by Gasteiger charge is -2.07. The minimum absolute atomic E-state index is 0.169. The van der Waals surface area contributed by atoms with Crippen LogP contribution in [0.2, 0.25) is 0 Å². The maximum Gasteiger partial charge on any atom is 0.273 e. The van der Waals surface area contributed by atoms with Crippen molar-refractivity contribution >= 4 is 22.2 Å². The van der Waals surface area contributed by atoms with Crippen LogP contribution in [-0.2, 0) is 17.8 Å². The number of aryl methyl sites for hydroxylation is 2. The molecule has 25 heavy (non-hydrogen) atoms. The van der Waals surface area contributed by atoms with Crippen molar-refractivity contribution in [1.82, 2.24) is 29.7 Å². The van der Waals surface area contributed by atoms with Gasteiger partial charge in [0.25, 0.3) is 5.91 Å². The molecule has 3 aromatic rings. The third-order valence-corrected chi connectivity index (χ3v) is 5.53. The number of hydrogen-bond acceptors (Lipinski definition) is 6. The molecule has 1 fully saturated rings. The Kier molecular flexibility index (Phi) is 4.26. The molecule has 4 heterocycles. The molecule has 1 unspecified atom stereocenters. The number of aromatic nitrogens is 5. The van der Waals surface area contributed by atoms with E-state index < -0.39 is 0 Å². The summed E-state index contributed by atoms with van der Waals surface area (Å²) >= 11 is 1.65. The fraction of sp³-hybridized carbons (Fsp3) is 0.500. The van der Waals surface area contributed by atoms with E-state index in [2.05, 4.69) is 38.9 Å².